The monoisotopic (exact) mass is 246 g/mol. The second-order valence-electron chi connectivity index (χ2n) is 3.97. The Morgan fingerprint density at radius 1 is 1.62 bits per heavy atom. The van der Waals surface area contributed by atoms with Crippen LogP contribution in [0.5, 0.6) is 0 Å². The number of halogens is 1. The molecular formula is C11H19ClN2O2. The fourth-order valence-electron chi connectivity index (χ4n) is 1.63. The predicted octanol–water partition coefficient (Wildman–Crippen LogP) is 2.40. The Hall–Kier alpha value is -0.580. The van der Waals surface area contributed by atoms with Crippen LogP contribution in [-0.4, -0.2) is 27.6 Å². The van der Waals surface area contributed by atoms with Gasteiger partial charge in [-0.25, -0.2) is 0 Å². The lowest BCUT2D eigenvalue weighted by atomic mass is 9.93. The Kier molecular flexibility index (Phi) is 4.35. The average molecular weight is 247 g/mol. The summed E-state index contributed by atoms with van der Waals surface area (Å²) in [6.07, 6.45) is 1.46. The number of hydrogen-bond acceptors (Lipinski definition) is 3. The predicted molar refractivity (Wildman–Crippen MR) is 63.6 cm³/mol. The van der Waals surface area contributed by atoms with Gasteiger partial charge in [0.1, 0.15) is 6.10 Å². The van der Waals surface area contributed by atoms with Crippen LogP contribution in [0.15, 0.2) is 6.20 Å². The van der Waals surface area contributed by atoms with Crippen LogP contribution >= 0.6 is 11.6 Å². The van der Waals surface area contributed by atoms with Gasteiger partial charge >= 0.3 is 0 Å². The number of hydrogen-bond donors (Lipinski definition) is 1. The van der Waals surface area contributed by atoms with Crippen LogP contribution in [0, 0.1) is 0 Å². The van der Waals surface area contributed by atoms with Crippen molar-refractivity contribution >= 4 is 11.6 Å². The lowest BCUT2D eigenvalue weighted by Crippen LogP contribution is -2.35. The molecule has 0 radical (unpaired) electrons. The van der Waals surface area contributed by atoms with Crippen molar-refractivity contribution in [3.05, 3.63) is 16.9 Å². The van der Waals surface area contributed by atoms with Crippen molar-refractivity contribution in [1.29, 1.82) is 0 Å². The number of nitrogens with zero attached hydrogens (tertiary/aromatic N) is 2. The van der Waals surface area contributed by atoms with E-state index in [0.717, 1.165) is 0 Å². The molecule has 1 N–H and O–H groups in total. The lowest BCUT2D eigenvalue weighted by molar-refractivity contribution is -0.0974. The van der Waals surface area contributed by atoms with E-state index in [2.05, 4.69) is 5.10 Å². The van der Waals surface area contributed by atoms with E-state index in [9.17, 15) is 5.11 Å². The number of methoxy groups -OCH3 is 1. The van der Waals surface area contributed by atoms with Crippen molar-refractivity contribution < 1.29 is 9.84 Å². The summed E-state index contributed by atoms with van der Waals surface area (Å²) in [6, 6.07) is 0. The average Bonchev–Trinajstić information content (AvgIpc) is 2.68. The van der Waals surface area contributed by atoms with Crippen molar-refractivity contribution in [2.45, 2.75) is 45.4 Å². The minimum Gasteiger partial charge on any atom is -0.384 e. The van der Waals surface area contributed by atoms with E-state index in [-0.39, 0.29) is 0 Å². The van der Waals surface area contributed by atoms with Gasteiger partial charge in [-0.3, -0.25) is 4.68 Å². The standard InChI is InChI=1S/C11H19ClN2O2/c1-5-11(3,16-4)10(15)9-8(12)7-13-14(9)6-2/h7,10,15H,5-6H2,1-4H3. The maximum Gasteiger partial charge on any atom is 0.126 e. The molecule has 1 aromatic rings. The van der Waals surface area contributed by atoms with Crippen LogP contribution in [-0.2, 0) is 11.3 Å². The summed E-state index contributed by atoms with van der Waals surface area (Å²) < 4.78 is 7.07. The van der Waals surface area contributed by atoms with Gasteiger partial charge in [-0.05, 0) is 20.3 Å². The number of aromatic nitrogens is 2. The summed E-state index contributed by atoms with van der Waals surface area (Å²) in [5.41, 5.74) is -0.0216. The molecule has 0 aliphatic carbocycles. The molecule has 0 spiro atoms. The second kappa shape index (κ2) is 5.17. The summed E-state index contributed by atoms with van der Waals surface area (Å²) in [6.45, 7) is 6.45. The molecule has 2 atom stereocenters. The molecule has 0 aliphatic rings. The highest BCUT2D eigenvalue weighted by molar-refractivity contribution is 6.31. The Labute approximate surface area is 101 Å². The maximum absolute atomic E-state index is 10.4. The first kappa shape index (κ1) is 13.5. The summed E-state index contributed by atoms with van der Waals surface area (Å²) in [5, 5.41) is 14.9. The fraction of sp³-hybridized carbons (Fsp3) is 0.727. The molecule has 0 saturated carbocycles. The van der Waals surface area contributed by atoms with Gasteiger partial charge in [0.2, 0.25) is 0 Å². The van der Waals surface area contributed by atoms with E-state index in [4.69, 9.17) is 16.3 Å². The molecule has 4 nitrogen and oxygen atoms in total. The molecule has 1 rings (SSSR count). The maximum atomic E-state index is 10.4. The minimum atomic E-state index is -0.780. The zero-order valence-corrected chi connectivity index (χ0v) is 11.0. The molecule has 0 amide bonds. The van der Waals surface area contributed by atoms with E-state index in [1.165, 1.54) is 0 Å². The topological polar surface area (TPSA) is 47.3 Å². The van der Waals surface area contributed by atoms with Crippen LogP contribution in [0.25, 0.3) is 0 Å². The van der Waals surface area contributed by atoms with Gasteiger partial charge in [-0.1, -0.05) is 18.5 Å². The molecule has 1 aromatic heterocycles. The Balaban J connectivity index is 3.12. The normalized spacial score (nSPS) is 17.1. The van der Waals surface area contributed by atoms with Crippen LogP contribution in [0.2, 0.25) is 5.02 Å². The Morgan fingerprint density at radius 2 is 2.25 bits per heavy atom. The van der Waals surface area contributed by atoms with E-state index in [1.807, 2.05) is 20.8 Å². The molecule has 0 aromatic carbocycles. The van der Waals surface area contributed by atoms with Gasteiger partial charge in [-0.15, -0.1) is 0 Å². The van der Waals surface area contributed by atoms with Crippen LogP contribution in [0.1, 0.15) is 39.0 Å². The Bertz CT molecular complexity index is 348. The molecule has 0 aliphatic heterocycles. The third kappa shape index (κ3) is 2.24. The van der Waals surface area contributed by atoms with E-state index >= 15 is 0 Å². The molecule has 5 heteroatoms. The van der Waals surface area contributed by atoms with Gasteiger partial charge in [0.15, 0.2) is 0 Å². The fourth-order valence-corrected chi connectivity index (χ4v) is 1.88. The number of aryl methyl sites for hydroxylation is 1. The summed E-state index contributed by atoms with van der Waals surface area (Å²) >= 11 is 6.04. The highest BCUT2D eigenvalue weighted by Crippen LogP contribution is 2.34. The third-order valence-electron chi connectivity index (χ3n) is 3.14. The van der Waals surface area contributed by atoms with Crippen molar-refractivity contribution in [1.82, 2.24) is 9.78 Å². The summed E-state index contributed by atoms with van der Waals surface area (Å²) in [7, 11) is 1.59. The zero-order chi connectivity index (χ0) is 12.3. The first-order chi connectivity index (χ1) is 7.50. The van der Waals surface area contributed by atoms with Crippen molar-refractivity contribution in [2.24, 2.45) is 0 Å². The summed E-state index contributed by atoms with van der Waals surface area (Å²) in [4.78, 5) is 0. The molecule has 1 heterocycles. The Morgan fingerprint density at radius 3 is 2.69 bits per heavy atom. The summed E-state index contributed by atoms with van der Waals surface area (Å²) in [5.74, 6) is 0. The van der Waals surface area contributed by atoms with Gasteiger partial charge in [0.05, 0.1) is 22.5 Å². The quantitative estimate of drug-likeness (QED) is 0.868. The largest absolute Gasteiger partial charge is 0.384 e. The van der Waals surface area contributed by atoms with E-state index in [0.29, 0.717) is 23.7 Å². The van der Waals surface area contributed by atoms with Crippen LogP contribution in [0.4, 0.5) is 0 Å². The van der Waals surface area contributed by atoms with Gasteiger partial charge in [0.25, 0.3) is 0 Å². The first-order valence-electron chi connectivity index (χ1n) is 5.44. The molecule has 0 fully saturated rings. The van der Waals surface area contributed by atoms with Gasteiger partial charge in [-0.2, -0.15) is 5.10 Å². The molecule has 16 heavy (non-hydrogen) atoms. The highest BCUT2D eigenvalue weighted by atomic mass is 35.5. The lowest BCUT2D eigenvalue weighted by Gasteiger charge is -2.32. The van der Waals surface area contributed by atoms with E-state index < -0.39 is 11.7 Å². The highest BCUT2D eigenvalue weighted by Gasteiger charge is 2.35. The zero-order valence-electron chi connectivity index (χ0n) is 10.2. The van der Waals surface area contributed by atoms with Crippen molar-refractivity contribution in [3.63, 3.8) is 0 Å². The smallest absolute Gasteiger partial charge is 0.126 e. The SMILES string of the molecule is CCn1ncc(Cl)c1C(O)C(C)(CC)OC. The third-order valence-corrected chi connectivity index (χ3v) is 3.43. The van der Waals surface area contributed by atoms with Crippen molar-refractivity contribution in [3.8, 4) is 0 Å². The van der Waals surface area contributed by atoms with Crippen molar-refractivity contribution in [2.75, 3.05) is 7.11 Å². The van der Waals surface area contributed by atoms with Gasteiger partial charge in [0, 0.05) is 13.7 Å². The first-order valence-corrected chi connectivity index (χ1v) is 5.82. The number of aliphatic hydroxyl groups is 1. The number of ether oxygens (including phenoxy) is 1. The molecule has 0 bridgehead atoms. The van der Waals surface area contributed by atoms with Crippen LogP contribution < -0.4 is 0 Å². The second-order valence-corrected chi connectivity index (χ2v) is 4.37. The molecular weight excluding hydrogens is 228 g/mol. The van der Waals surface area contributed by atoms with Crippen LogP contribution in [0.3, 0.4) is 0 Å². The van der Waals surface area contributed by atoms with Gasteiger partial charge < -0.3 is 9.84 Å². The van der Waals surface area contributed by atoms with E-state index in [1.54, 1.807) is 18.0 Å². The number of aliphatic hydroxyl groups excluding tert-OH is 1. The molecule has 0 saturated heterocycles. The molecule has 92 valence electrons. The minimum absolute atomic E-state index is 0.478. The molecule has 2 unspecified atom stereocenters. The number of rotatable bonds is 5.